The fourth-order valence-electron chi connectivity index (χ4n) is 3.75. The molecule has 1 fully saturated rings. The third kappa shape index (κ3) is 4.51. The summed E-state index contributed by atoms with van der Waals surface area (Å²) in [6.07, 6.45) is 4.22. The number of hydrogen-bond donors (Lipinski definition) is 2. The number of carbonyl (C=O) groups is 1. The minimum atomic E-state index is -1.30. The zero-order chi connectivity index (χ0) is 20.4. The second kappa shape index (κ2) is 8.24. The van der Waals surface area contributed by atoms with Crippen molar-refractivity contribution in [3.63, 3.8) is 0 Å². The first-order chi connectivity index (χ1) is 13.9. The Kier molecular flexibility index (Phi) is 5.69. The molecule has 3 aromatic rings. The summed E-state index contributed by atoms with van der Waals surface area (Å²) in [4.78, 5) is 22.2. The molecule has 0 radical (unpaired) electrons. The molecule has 152 valence electrons. The second-order valence-corrected chi connectivity index (χ2v) is 8.68. The summed E-state index contributed by atoms with van der Waals surface area (Å²) in [7, 11) is 0. The van der Waals surface area contributed by atoms with Crippen molar-refractivity contribution in [2.45, 2.75) is 32.0 Å². The Morgan fingerprint density at radius 3 is 2.83 bits per heavy atom. The van der Waals surface area contributed by atoms with E-state index in [0.29, 0.717) is 38.0 Å². The quantitative estimate of drug-likeness (QED) is 0.596. The average Bonchev–Trinajstić information content (AvgIpc) is 3.12. The van der Waals surface area contributed by atoms with Crippen LogP contribution in [-0.4, -0.2) is 46.1 Å². The van der Waals surface area contributed by atoms with E-state index in [4.69, 9.17) is 0 Å². The Morgan fingerprint density at radius 1 is 1.31 bits per heavy atom. The predicted octanol–water partition coefficient (Wildman–Crippen LogP) is 4.37. The smallest absolute Gasteiger partial charge is 0.256 e. The van der Waals surface area contributed by atoms with Crippen molar-refractivity contribution in [2.24, 2.45) is 0 Å². The van der Waals surface area contributed by atoms with Gasteiger partial charge in [0.05, 0.1) is 11.3 Å². The van der Waals surface area contributed by atoms with Crippen molar-refractivity contribution < 1.29 is 9.18 Å². The summed E-state index contributed by atoms with van der Waals surface area (Å²) in [5.41, 5.74) is 2.26. The number of carbonyl (C=O) groups excluding carboxylic acids is 1. The number of hydrogen-bond acceptors (Lipinski definition) is 3. The highest BCUT2D eigenvalue weighted by Gasteiger charge is 2.36. The van der Waals surface area contributed by atoms with Gasteiger partial charge in [0.15, 0.2) is 0 Å². The molecule has 0 saturated carbocycles. The number of aromatic amines is 1. The molecule has 0 spiro atoms. The average molecular weight is 459 g/mol. The van der Waals surface area contributed by atoms with Crippen molar-refractivity contribution >= 4 is 32.7 Å². The second-order valence-electron chi connectivity index (χ2n) is 7.77. The Labute approximate surface area is 177 Å². The van der Waals surface area contributed by atoms with E-state index >= 15 is 4.39 Å². The van der Waals surface area contributed by atoms with Crippen molar-refractivity contribution in [2.75, 3.05) is 19.6 Å². The van der Waals surface area contributed by atoms with E-state index in [-0.39, 0.29) is 12.5 Å². The molecule has 1 aliphatic heterocycles. The zero-order valence-electron chi connectivity index (χ0n) is 16.3. The highest BCUT2D eigenvalue weighted by atomic mass is 79.9. The highest BCUT2D eigenvalue weighted by Crippen LogP contribution is 2.29. The predicted molar refractivity (Wildman–Crippen MR) is 116 cm³/mol. The third-order valence-electron chi connectivity index (χ3n) is 5.54. The Balaban J connectivity index is 1.33. The van der Waals surface area contributed by atoms with Crippen molar-refractivity contribution in [1.82, 2.24) is 20.2 Å². The summed E-state index contributed by atoms with van der Waals surface area (Å²) >= 11 is 3.46. The number of nitrogens with zero attached hydrogens (tertiary/aromatic N) is 2. The summed E-state index contributed by atoms with van der Waals surface area (Å²) in [5, 5.41) is 4.07. The number of likely N-dealkylation sites (tertiary alicyclic amines) is 1. The van der Waals surface area contributed by atoms with Gasteiger partial charge < -0.3 is 15.2 Å². The summed E-state index contributed by atoms with van der Waals surface area (Å²) in [6, 6.07) is 9.76. The lowest BCUT2D eigenvalue weighted by atomic mass is 9.92. The van der Waals surface area contributed by atoms with E-state index in [1.54, 1.807) is 11.1 Å². The first-order valence-corrected chi connectivity index (χ1v) is 10.6. The Hall–Kier alpha value is -2.25. The largest absolute Gasteiger partial charge is 0.360 e. The van der Waals surface area contributed by atoms with Gasteiger partial charge in [0.2, 0.25) is 0 Å². The SMILES string of the molecule is Cc1ccc(CNCC2(F)CCN(C(=O)c3c[nH]c4ccc(Br)cc34)CC2)nc1. The topological polar surface area (TPSA) is 61.0 Å². The number of amides is 1. The van der Waals surface area contributed by atoms with E-state index < -0.39 is 5.67 Å². The number of rotatable bonds is 5. The number of benzene rings is 1. The molecule has 3 heterocycles. The minimum absolute atomic E-state index is 0.0479. The number of fused-ring (bicyclic) bond motifs is 1. The fourth-order valence-corrected chi connectivity index (χ4v) is 4.11. The number of H-pyrrole nitrogens is 1. The molecule has 0 atom stereocenters. The van der Waals surface area contributed by atoms with Gasteiger partial charge in [0, 0.05) is 66.8 Å². The molecule has 1 aliphatic rings. The van der Waals surface area contributed by atoms with Crippen LogP contribution in [0.2, 0.25) is 0 Å². The molecule has 7 heteroatoms. The van der Waals surface area contributed by atoms with Crippen molar-refractivity contribution in [1.29, 1.82) is 0 Å². The van der Waals surface area contributed by atoms with Gasteiger partial charge in [-0.2, -0.15) is 0 Å². The van der Waals surface area contributed by atoms with Gasteiger partial charge in [-0.25, -0.2) is 4.39 Å². The maximum atomic E-state index is 15.2. The van der Waals surface area contributed by atoms with Crippen LogP contribution in [0.15, 0.2) is 47.2 Å². The minimum Gasteiger partial charge on any atom is -0.360 e. The van der Waals surface area contributed by atoms with E-state index in [0.717, 1.165) is 26.6 Å². The molecule has 5 nitrogen and oxygen atoms in total. The van der Waals surface area contributed by atoms with Gasteiger partial charge in [-0.3, -0.25) is 9.78 Å². The lowest BCUT2D eigenvalue weighted by Gasteiger charge is -2.36. The number of nitrogens with one attached hydrogen (secondary N) is 2. The molecule has 1 aromatic carbocycles. The first-order valence-electron chi connectivity index (χ1n) is 9.81. The van der Waals surface area contributed by atoms with E-state index in [1.165, 1.54) is 0 Å². The molecule has 0 unspecified atom stereocenters. The molecule has 2 N–H and O–H groups in total. The van der Waals surface area contributed by atoms with Gasteiger partial charge in [-0.15, -0.1) is 0 Å². The first kappa shape index (κ1) is 20.0. The van der Waals surface area contributed by atoms with Gasteiger partial charge in [-0.05, 0) is 36.8 Å². The number of aromatic nitrogens is 2. The molecule has 0 bridgehead atoms. The fraction of sp³-hybridized carbons (Fsp3) is 0.364. The summed E-state index contributed by atoms with van der Waals surface area (Å²) < 4.78 is 16.1. The van der Waals surface area contributed by atoms with Crippen LogP contribution in [0.4, 0.5) is 4.39 Å². The van der Waals surface area contributed by atoms with Crippen LogP contribution < -0.4 is 5.32 Å². The molecular formula is C22H24BrFN4O. The van der Waals surface area contributed by atoms with Crippen LogP contribution in [0.25, 0.3) is 10.9 Å². The number of halogens is 2. The Morgan fingerprint density at radius 2 is 2.10 bits per heavy atom. The Bertz CT molecular complexity index is 1010. The third-order valence-corrected chi connectivity index (χ3v) is 6.03. The standard InChI is InChI=1S/C22H24BrFN4O/c1-15-2-4-17(26-11-15)12-25-14-22(24)6-8-28(9-7-22)21(29)19-13-27-20-5-3-16(23)10-18(19)20/h2-5,10-11,13,25,27H,6-9,12,14H2,1H3. The maximum absolute atomic E-state index is 15.2. The summed E-state index contributed by atoms with van der Waals surface area (Å²) in [5.74, 6) is -0.0479. The normalized spacial score (nSPS) is 16.3. The van der Waals surface area contributed by atoms with Crippen molar-refractivity contribution in [3.05, 3.63) is 64.0 Å². The summed E-state index contributed by atoms with van der Waals surface area (Å²) in [6.45, 7) is 3.63. The number of alkyl halides is 1. The van der Waals surface area contributed by atoms with Crippen LogP contribution in [0, 0.1) is 6.92 Å². The molecule has 4 rings (SSSR count). The molecular weight excluding hydrogens is 435 g/mol. The zero-order valence-corrected chi connectivity index (χ0v) is 17.9. The van der Waals surface area contributed by atoms with Gasteiger partial charge in [-0.1, -0.05) is 22.0 Å². The van der Waals surface area contributed by atoms with Gasteiger partial charge in [0.25, 0.3) is 5.91 Å². The van der Waals surface area contributed by atoms with Gasteiger partial charge >= 0.3 is 0 Å². The van der Waals surface area contributed by atoms with E-state index in [1.807, 2.05) is 43.5 Å². The number of pyridine rings is 1. The molecule has 29 heavy (non-hydrogen) atoms. The maximum Gasteiger partial charge on any atom is 0.256 e. The molecule has 1 amide bonds. The number of aryl methyl sites for hydroxylation is 1. The van der Waals surface area contributed by atoms with Crippen LogP contribution in [-0.2, 0) is 6.54 Å². The lowest BCUT2D eigenvalue weighted by molar-refractivity contribution is 0.0436. The van der Waals surface area contributed by atoms with Crippen molar-refractivity contribution in [3.8, 4) is 0 Å². The van der Waals surface area contributed by atoms with E-state index in [2.05, 4.69) is 31.2 Å². The van der Waals surface area contributed by atoms with Crippen LogP contribution >= 0.6 is 15.9 Å². The van der Waals surface area contributed by atoms with Crippen LogP contribution in [0.3, 0.4) is 0 Å². The van der Waals surface area contributed by atoms with E-state index in [9.17, 15) is 4.79 Å². The molecule has 0 aliphatic carbocycles. The molecule has 2 aromatic heterocycles. The lowest BCUT2D eigenvalue weighted by Crippen LogP contribution is -2.48. The monoisotopic (exact) mass is 458 g/mol. The molecule has 1 saturated heterocycles. The van der Waals surface area contributed by atoms with Crippen LogP contribution in [0.5, 0.6) is 0 Å². The highest BCUT2D eigenvalue weighted by molar-refractivity contribution is 9.10. The van der Waals surface area contributed by atoms with Crippen LogP contribution in [0.1, 0.15) is 34.5 Å². The van der Waals surface area contributed by atoms with Gasteiger partial charge in [0.1, 0.15) is 5.67 Å². The number of piperidine rings is 1.